The van der Waals surface area contributed by atoms with Gasteiger partial charge in [-0.2, -0.15) is 5.10 Å². The molecule has 23 heavy (non-hydrogen) atoms. The lowest BCUT2D eigenvalue weighted by Crippen LogP contribution is -2.12. The molecule has 0 radical (unpaired) electrons. The van der Waals surface area contributed by atoms with Crippen molar-refractivity contribution in [1.82, 2.24) is 9.78 Å². The van der Waals surface area contributed by atoms with Crippen LogP contribution in [0.5, 0.6) is 0 Å². The van der Waals surface area contributed by atoms with Crippen molar-refractivity contribution >= 4 is 34.0 Å². The Bertz CT molecular complexity index is 848. The molecule has 0 aliphatic heterocycles. The first-order chi connectivity index (χ1) is 11.0. The van der Waals surface area contributed by atoms with Crippen LogP contribution in [0.15, 0.2) is 41.1 Å². The van der Waals surface area contributed by atoms with Crippen molar-refractivity contribution in [3.8, 4) is 0 Å². The van der Waals surface area contributed by atoms with Crippen LogP contribution in [0.3, 0.4) is 0 Å². The van der Waals surface area contributed by atoms with Gasteiger partial charge in [-0.1, -0.05) is 0 Å². The molecule has 0 saturated heterocycles. The van der Waals surface area contributed by atoms with Gasteiger partial charge in [0, 0.05) is 19.3 Å². The maximum absolute atomic E-state index is 12.3. The zero-order valence-electron chi connectivity index (χ0n) is 12.5. The molecular weight excluding hydrogens is 316 g/mol. The summed E-state index contributed by atoms with van der Waals surface area (Å²) >= 11 is 1.20. The maximum Gasteiger partial charge on any atom is 0.291 e. The number of furan rings is 1. The van der Waals surface area contributed by atoms with Crippen molar-refractivity contribution in [1.29, 1.82) is 0 Å². The molecule has 2 amide bonds. The molecule has 0 saturated carbocycles. The summed E-state index contributed by atoms with van der Waals surface area (Å²) in [5, 5.41) is 10.1. The highest BCUT2D eigenvalue weighted by Gasteiger charge is 2.17. The van der Waals surface area contributed by atoms with Gasteiger partial charge in [0.25, 0.3) is 11.8 Å². The summed E-state index contributed by atoms with van der Waals surface area (Å²) in [5.74, 6) is 0.0830. The monoisotopic (exact) mass is 330 g/mol. The molecule has 0 aliphatic carbocycles. The van der Waals surface area contributed by atoms with Gasteiger partial charge in [-0.15, -0.1) is 11.3 Å². The van der Waals surface area contributed by atoms with E-state index in [9.17, 15) is 9.59 Å². The number of nitrogens with zero attached hydrogens (tertiary/aromatic N) is 2. The van der Waals surface area contributed by atoms with E-state index in [0.717, 1.165) is 5.56 Å². The Kier molecular flexibility index (Phi) is 3.98. The number of rotatable bonds is 4. The van der Waals surface area contributed by atoms with Gasteiger partial charge in [-0.3, -0.25) is 14.3 Å². The van der Waals surface area contributed by atoms with E-state index < -0.39 is 0 Å². The van der Waals surface area contributed by atoms with Crippen molar-refractivity contribution in [3.05, 3.63) is 52.9 Å². The second kappa shape index (κ2) is 6.09. The molecule has 3 heterocycles. The fraction of sp³-hybridized carbons (Fsp3) is 0.133. The Morgan fingerprint density at radius 2 is 2.09 bits per heavy atom. The summed E-state index contributed by atoms with van der Waals surface area (Å²) in [6.45, 7) is 1.81. The molecule has 118 valence electrons. The van der Waals surface area contributed by atoms with Gasteiger partial charge in [0.15, 0.2) is 11.6 Å². The number of nitrogens with one attached hydrogen (secondary N) is 2. The first-order valence-corrected chi connectivity index (χ1v) is 7.61. The van der Waals surface area contributed by atoms with Crippen LogP contribution in [0.2, 0.25) is 0 Å². The third-order valence-corrected chi connectivity index (χ3v) is 4.21. The number of thiophene rings is 1. The lowest BCUT2D eigenvalue weighted by Gasteiger charge is -2.00. The standard InChI is InChI=1S/C15H14N4O3S/c1-9-8-12(17-14(20)10-4-3-7-22-10)23-13(9)15(21)16-11-5-6-19(2)18-11/h3-8H,1-2H3,(H,17,20)(H,16,18,21). The highest BCUT2D eigenvalue weighted by atomic mass is 32.1. The maximum atomic E-state index is 12.3. The highest BCUT2D eigenvalue weighted by Crippen LogP contribution is 2.27. The Labute approximate surface area is 135 Å². The Morgan fingerprint density at radius 1 is 1.26 bits per heavy atom. The molecule has 0 bridgehead atoms. The topological polar surface area (TPSA) is 89.2 Å². The van der Waals surface area contributed by atoms with E-state index in [1.807, 2.05) is 6.92 Å². The van der Waals surface area contributed by atoms with Gasteiger partial charge in [-0.25, -0.2) is 0 Å². The van der Waals surface area contributed by atoms with E-state index in [1.165, 1.54) is 17.6 Å². The highest BCUT2D eigenvalue weighted by molar-refractivity contribution is 7.18. The number of hydrogen-bond donors (Lipinski definition) is 2. The van der Waals surface area contributed by atoms with Gasteiger partial charge in [-0.05, 0) is 30.7 Å². The first-order valence-electron chi connectivity index (χ1n) is 6.79. The zero-order chi connectivity index (χ0) is 16.4. The molecule has 7 nitrogen and oxygen atoms in total. The van der Waals surface area contributed by atoms with Crippen LogP contribution >= 0.6 is 11.3 Å². The zero-order valence-corrected chi connectivity index (χ0v) is 13.3. The summed E-state index contributed by atoms with van der Waals surface area (Å²) in [6, 6.07) is 6.67. The summed E-state index contributed by atoms with van der Waals surface area (Å²) in [5.41, 5.74) is 0.776. The van der Waals surface area contributed by atoms with Gasteiger partial charge in [0.05, 0.1) is 16.1 Å². The van der Waals surface area contributed by atoms with E-state index in [1.54, 1.807) is 42.2 Å². The number of hydrogen-bond acceptors (Lipinski definition) is 5. The van der Waals surface area contributed by atoms with Crippen molar-refractivity contribution < 1.29 is 14.0 Å². The van der Waals surface area contributed by atoms with Gasteiger partial charge < -0.3 is 15.1 Å². The van der Waals surface area contributed by atoms with E-state index >= 15 is 0 Å². The average Bonchev–Trinajstić information content (AvgIpc) is 3.21. The smallest absolute Gasteiger partial charge is 0.291 e. The van der Waals surface area contributed by atoms with Crippen LogP contribution in [0.25, 0.3) is 0 Å². The van der Waals surface area contributed by atoms with E-state index in [-0.39, 0.29) is 17.6 Å². The normalized spacial score (nSPS) is 10.5. The molecule has 3 aromatic heterocycles. The van der Waals surface area contributed by atoms with Crippen LogP contribution in [-0.2, 0) is 7.05 Å². The molecule has 3 rings (SSSR count). The van der Waals surface area contributed by atoms with Gasteiger partial charge >= 0.3 is 0 Å². The quantitative estimate of drug-likeness (QED) is 0.770. The minimum Gasteiger partial charge on any atom is -0.459 e. The minimum absolute atomic E-state index is 0.218. The molecule has 0 aromatic carbocycles. The summed E-state index contributed by atoms with van der Waals surface area (Å²) in [4.78, 5) is 24.8. The summed E-state index contributed by atoms with van der Waals surface area (Å²) in [6.07, 6.45) is 3.17. The second-order valence-electron chi connectivity index (χ2n) is 4.88. The van der Waals surface area contributed by atoms with E-state index in [4.69, 9.17) is 4.42 Å². The van der Waals surface area contributed by atoms with Crippen LogP contribution < -0.4 is 10.6 Å². The van der Waals surface area contributed by atoms with Crippen molar-refractivity contribution in [2.24, 2.45) is 7.05 Å². The van der Waals surface area contributed by atoms with Crippen molar-refractivity contribution in [3.63, 3.8) is 0 Å². The predicted molar refractivity (Wildman–Crippen MR) is 86.9 cm³/mol. The lowest BCUT2D eigenvalue weighted by atomic mass is 10.3. The Morgan fingerprint density at radius 3 is 2.74 bits per heavy atom. The summed E-state index contributed by atoms with van der Waals surface area (Å²) in [7, 11) is 1.77. The van der Waals surface area contributed by atoms with Gasteiger partial charge in [0.2, 0.25) is 0 Å². The largest absolute Gasteiger partial charge is 0.459 e. The number of aryl methyl sites for hydroxylation is 2. The van der Waals surface area contributed by atoms with E-state index in [2.05, 4.69) is 15.7 Å². The molecule has 0 atom stereocenters. The number of anilines is 2. The number of aromatic nitrogens is 2. The molecular formula is C15H14N4O3S. The molecule has 2 N–H and O–H groups in total. The lowest BCUT2D eigenvalue weighted by molar-refractivity contribution is 0.0995. The molecule has 3 aromatic rings. The fourth-order valence-corrected chi connectivity index (χ4v) is 2.97. The van der Waals surface area contributed by atoms with Crippen LogP contribution in [0.1, 0.15) is 25.8 Å². The molecule has 8 heteroatoms. The first kappa shape index (κ1) is 15.0. The van der Waals surface area contributed by atoms with E-state index in [0.29, 0.717) is 15.7 Å². The fourth-order valence-electron chi connectivity index (χ4n) is 2.01. The Hall–Kier alpha value is -2.87. The van der Waals surface area contributed by atoms with Crippen LogP contribution in [0, 0.1) is 6.92 Å². The van der Waals surface area contributed by atoms with Crippen molar-refractivity contribution in [2.75, 3.05) is 10.6 Å². The second-order valence-corrected chi connectivity index (χ2v) is 5.94. The molecule has 0 fully saturated rings. The third kappa shape index (κ3) is 3.32. The van der Waals surface area contributed by atoms with Crippen LogP contribution in [-0.4, -0.2) is 21.6 Å². The van der Waals surface area contributed by atoms with Crippen LogP contribution in [0.4, 0.5) is 10.8 Å². The molecule has 0 unspecified atom stereocenters. The molecule has 0 aliphatic rings. The number of carbonyl (C=O) groups is 2. The number of amides is 2. The van der Waals surface area contributed by atoms with Gasteiger partial charge in [0.1, 0.15) is 0 Å². The summed E-state index contributed by atoms with van der Waals surface area (Å²) < 4.78 is 6.64. The average molecular weight is 330 g/mol. The minimum atomic E-state index is -0.354. The van der Waals surface area contributed by atoms with Crippen molar-refractivity contribution in [2.45, 2.75) is 6.92 Å². The number of carbonyl (C=O) groups excluding carboxylic acids is 2. The third-order valence-electron chi connectivity index (χ3n) is 3.06. The predicted octanol–water partition coefficient (Wildman–Crippen LogP) is 2.89. The molecule has 0 spiro atoms. The SMILES string of the molecule is Cc1cc(NC(=O)c2ccco2)sc1C(=O)Nc1ccn(C)n1. The Balaban J connectivity index is 1.72.